The Morgan fingerprint density at radius 1 is 1.79 bits per heavy atom. The van der Waals surface area contributed by atoms with Crippen LogP contribution in [0.5, 0.6) is 0 Å². The van der Waals surface area contributed by atoms with Gasteiger partial charge in [0.15, 0.2) is 5.17 Å². The van der Waals surface area contributed by atoms with E-state index in [4.69, 9.17) is 5.26 Å². The molecule has 0 radical (unpaired) electrons. The molecule has 0 spiro atoms. The summed E-state index contributed by atoms with van der Waals surface area (Å²) in [5.41, 5.74) is 0. The Balaban J connectivity index is 2.58. The van der Waals surface area contributed by atoms with Gasteiger partial charge in [-0.1, -0.05) is 18.7 Å². The molecule has 1 heterocycles. The Hall–Kier alpha value is -0.340. The third-order valence-electron chi connectivity index (χ3n) is 2.19. The van der Waals surface area contributed by atoms with Crippen LogP contribution in [-0.4, -0.2) is 40.4 Å². The third kappa shape index (κ3) is 3.10. The maximum Gasteiger partial charge on any atom is 0.208 e. The van der Waals surface area contributed by atoms with Gasteiger partial charge in [-0.15, -0.1) is 4.99 Å². The van der Waals surface area contributed by atoms with E-state index in [-0.39, 0.29) is 0 Å². The van der Waals surface area contributed by atoms with E-state index in [9.17, 15) is 0 Å². The highest BCUT2D eigenvalue weighted by Gasteiger charge is 2.21. The zero-order valence-corrected chi connectivity index (χ0v) is 10.2. The molecule has 0 amide bonds. The number of rotatable bonds is 1. The quantitative estimate of drug-likeness (QED) is 0.392. The highest BCUT2D eigenvalue weighted by molar-refractivity contribution is 8.13. The van der Waals surface area contributed by atoms with Crippen molar-refractivity contribution in [1.29, 1.82) is 5.26 Å². The lowest BCUT2D eigenvalue weighted by Gasteiger charge is -2.32. The zero-order chi connectivity index (χ0) is 10.4. The first-order valence-corrected chi connectivity index (χ1v) is 6.96. The second-order valence-electron chi connectivity index (χ2n) is 3.05. The molecule has 0 bridgehead atoms. The van der Waals surface area contributed by atoms with Crippen LogP contribution in [0.15, 0.2) is 4.99 Å². The molecule has 0 aromatic rings. The lowest BCUT2D eigenvalue weighted by molar-refractivity contribution is 0.432. The fourth-order valence-corrected chi connectivity index (χ4v) is 3.16. The van der Waals surface area contributed by atoms with Gasteiger partial charge in [0.2, 0.25) is 6.19 Å². The van der Waals surface area contributed by atoms with Gasteiger partial charge in [0.25, 0.3) is 0 Å². The van der Waals surface area contributed by atoms with Gasteiger partial charge in [-0.3, -0.25) is 0 Å². The lowest BCUT2D eigenvalue weighted by Crippen LogP contribution is -2.40. The van der Waals surface area contributed by atoms with Crippen LogP contribution in [0.1, 0.15) is 13.3 Å². The van der Waals surface area contributed by atoms with Crippen molar-refractivity contribution in [3.63, 3.8) is 0 Å². The normalized spacial score (nSPS) is 23.4. The van der Waals surface area contributed by atoms with Crippen LogP contribution in [-0.2, 0) is 0 Å². The molecule has 0 saturated carbocycles. The average Bonchev–Trinajstić information content (AvgIpc) is 2.26. The summed E-state index contributed by atoms with van der Waals surface area (Å²) in [5.74, 6) is 1.14. The molecule has 1 aliphatic heterocycles. The molecule has 1 saturated heterocycles. The van der Waals surface area contributed by atoms with Crippen molar-refractivity contribution in [1.82, 2.24) is 4.90 Å². The summed E-state index contributed by atoms with van der Waals surface area (Å²) in [5, 5.41) is 10.1. The minimum atomic E-state index is 0.694. The number of aliphatic imine (C=N–C) groups is 1. The molecule has 78 valence electrons. The summed E-state index contributed by atoms with van der Waals surface area (Å²) in [7, 11) is 0. The van der Waals surface area contributed by atoms with Crippen molar-refractivity contribution >= 4 is 28.7 Å². The van der Waals surface area contributed by atoms with Gasteiger partial charge in [-0.25, -0.2) is 0 Å². The maximum atomic E-state index is 8.54. The number of nitrogens with zero attached hydrogens (tertiary/aromatic N) is 3. The van der Waals surface area contributed by atoms with Crippen LogP contribution in [0.2, 0.25) is 0 Å². The zero-order valence-electron chi connectivity index (χ0n) is 8.56. The standard InChI is InChI=1S/C9H15N3S2/c1-3-8-6-12(4-5-14-8)9(13-2)11-7-10/h8H,3-6H2,1-2H3. The summed E-state index contributed by atoms with van der Waals surface area (Å²) in [4.78, 5) is 6.06. The predicted molar refractivity (Wildman–Crippen MR) is 64.7 cm³/mol. The van der Waals surface area contributed by atoms with Crippen molar-refractivity contribution in [2.45, 2.75) is 18.6 Å². The molecular weight excluding hydrogens is 214 g/mol. The van der Waals surface area contributed by atoms with Crippen LogP contribution in [0.3, 0.4) is 0 Å². The second kappa shape index (κ2) is 6.20. The summed E-state index contributed by atoms with van der Waals surface area (Å²) >= 11 is 3.58. The molecule has 0 aliphatic carbocycles. The van der Waals surface area contributed by atoms with Crippen molar-refractivity contribution in [3.05, 3.63) is 0 Å². The minimum absolute atomic E-state index is 0.694. The van der Waals surface area contributed by atoms with Gasteiger partial charge < -0.3 is 4.90 Å². The fourth-order valence-electron chi connectivity index (χ4n) is 1.43. The average molecular weight is 229 g/mol. The smallest absolute Gasteiger partial charge is 0.208 e. The predicted octanol–water partition coefficient (Wildman–Crippen LogP) is 2.01. The van der Waals surface area contributed by atoms with Gasteiger partial charge in [0.1, 0.15) is 0 Å². The Morgan fingerprint density at radius 3 is 3.14 bits per heavy atom. The van der Waals surface area contributed by atoms with Gasteiger partial charge in [0, 0.05) is 24.1 Å². The van der Waals surface area contributed by atoms with Gasteiger partial charge in [0.05, 0.1) is 0 Å². The number of nitriles is 1. The van der Waals surface area contributed by atoms with Crippen molar-refractivity contribution < 1.29 is 0 Å². The topological polar surface area (TPSA) is 39.4 Å². The Kier molecular flexibility index (Phi) is 5.20. The van der Waals surface area contributed by atoms with Crippen LogP contribution in [0.4, 0.5) is 0 Å². The number of hydrogen-bond donors (Lipinski definition) is 0. The number of hydrogen-bond acceptors (Lipinski definition) is 4. The minimum Gasteiger partial charge on any atom is -0.349 e. The first kappa shape index (κ1) is 11.7. The maximum absolute atomic E-state index is 8.54. The van der Waals surface area contributed by atoms with Crippen molar-refractivity contribution in [2.24, 2.45) is 4.99 Å². The molecule has 1 aliphatic rings. The van der Waals surface area contributed by atoms with E-state index in [2.05, 4.69) is 16.8 Å². The van der Waals surface area contributed by atoms with Crippen LogP contribution in [0, 0.1) is 11.5 Å². The summed E-state index contributed by atoms with van der Waals surface area (Å²) in [6.07, 6.45) is 5.03. The first-order valence-electron chi connectivity index (χ1n) is 4.69. The van der Waals surface area contributed by atoms with Crippen molar-refractivity contribution in [3.8, 4) is 6.19 Å². The number of thioether (sulfide) groups is 2. The molecular formula is C9H15N3S2. The highest BCUT2D eigenvalue weighted by Crippen LogP contribution is 2.22. The van der Waals surface area contributed by atoms with Crippen molar-refractivity contribution in [2.75, 3.05) is 25.1 Å². The van der Waals surface area contributed by atoms with Gasteiger partial charge >= 0.3 is 0 Å². The molecule has 5 heteroatoms. The van der Waals surface area contributed by atoms with Crippen LogP contribution >= 0.6 is 23.5 Å². The molecule has 1 rings (SSSR count). The monoisotopic (exact) mass is 229 g/mol. The van der Waals surface area contributed by atoms with E-state index in [0.717, 1.165) is 24.0 Å². The largest absolute Gasteiger partial charge is 0.349 e. The van der Waals surface area contributed by atoms with E-state index < -0.39 is 0 Å². The molecule has 1 atom stereocenters. The molecule has 1 unspecified atom stereocenters. The Labute approximate surface area is 93.9 Å². The van der Waals surface area contributed by atoms with E-state index in [1.54, 1.807) is 11.8 Å². The SMILES string of the molecule is CCC1CN(C(=NC#N)SC)CCS1. The first-order chi connectivity index (χ1) is 6.81. The fraction of sp³-hybridized carbons (Fsp3) is 0.778. The molecule has 0 N–H and O–H groups in total. The summed E-state index contributed by atoms with van der Waals surface area (Å²) in [6.45, 7) is 4.26. The molecule has 0 aromatic carbocycles. The number of amidine groups is 1. The van der Waals surface area contributed by atoms with Crippen LogP contribution < -0.4 is 0 Å². The molecule has 3 nitrogen and oxygen atoms in total. The third-order valence-corrected chi connectivity index (χ3v) is 4.28. The van der Waals surface area contributed by atoms with Crippen LogP contribution in [0.25, 0.3) is 0 Å². The second-order valence-corrected chi connectivity index (χ2v) is 5.23. The lowest BCUT2D eigenvalue weighted by atomic mass is 10.3. The van der Waals surface area contributed by atoms with E-state index in [1.807, 2.05) is 24.2 Å². The Bertz CT molecular complexity index is 247. The van der Waals surface area contributed by atoms with E-state index in [0.29, 0.717) is 5.25 Å². The van der Waals surface area contributed by atoms with Gasteiger partial charge in [-0.05, 0) is 12.7 Å². The van der Waals surface area contributed by atoms with E-state index in [1.165, 1.54) is 6.42 Å². The summed E-state index contributed by atoms with van der Waals surface area (Å²) in [6, 6.07) is 0. The van der Waals surface area contributed by atoms with E-state index >= 15 is 0 Å². The summed E-state index contributed by atoms with van der Waals surface area (Å²) < 4.78 is 0. The molecule has 1 fully saturated rings. The highest BCUT2D eigenvalue weighted by atomic mass is 32.2. The molecule has 0 aromatic heterocycles. The molecule has 14 heavy (non-hydrogen) atoms. The van der Waals surface area contributed by atoms with Gasteiger partial charge in [-0.2, -0.15) is 17.0 Å². The Morgan fingerprint density at radius 2 is 2.57 bits per heavy atom.